The first-order valence-electron chi connectivity index (χ1n) is 7.96. The van der Waals surface area contributed by atoms with Crippen LogP contribution in [0.4, 0.5) is 5.82 Å². The largest absolute Gasteiger partial charge is 0.369 e. The smallest absolute Gasteiger partial charge is 0.132 e. The van der Waals surface area contributed by atoms with Crippen LogP contribution in [-0.2, 0) is 12.8 Å². The van der Waals surface area contributed by atoms with Crippen molar-refractivity contribution in [3.05, 3.63) is 17.6 Å². The quantitative estimate of drug-likeness (QED) is 0.674. The number of nitrogens with zero attached hydrogens (tertiary/aromatic N) is 2. The summed E-state index contributed by atoms with van der Waals surface area (Å²) < 4.78 is 0. The van der Waals surface area contributed by atoms with Gasteiger partial charge in [0.2, 0.25) is 0 Å². The zero-order chi connectivity index (χ0) is 13.8. The molecular formula is C16H24ClN3. The van der Waals surface area contributed by atoms with Crippen LogP contribution in [0.1, 0.15) is 56.2 Å². The van der Waals surface area contributed by atoms with E-state index in [9.17, 15) is 0 Å². The van der Waals surface area contributed by atoms with Crippen molar-refractivity contribution in [1.82, 2.24) is 9.97 Å². The van der Waals surface area contributed by atoms with Crippen molar-refractivity contribution in [1.29, 1.82) is 0 Å². The number of anilines is 1. The van der Waals surface area contributed by atoms with Gasteiger partial charge in [0.15, 0.2) is 0 Å². The highest BCUT2D eigenvalue weighted by Crippen LogP contribution is 2.39. The van der Waals surface area contributed by atoms with Crippen LogP contribution in [0.15, 0.2) is 6.33 Å². The number of rotatable bonds is 4. The molecule has 1 N–H and O–H groups in total. The Labute approximate surface area is 126 Å². The highest BCUT2D eigenvalue weighted by Gasteiger charge is 2.33. The Balaban J connectivity index is 1.74. The summed E-state index contributed by atoms with van der Waals surface area (Å²) in [6.45, 7) is 0.958. The standard InChI is InChI=1S/C16H24ClN3/c17-10-16(8-4-5-9-16)11-18-15-13-6-2-1-3-7-14(13)19-12-20-15/h12H,1-11H2,(H,18,19,20). The van der Waals surface area contributed by atoms with E-state index < -0.39 is 0 Å². The van der Waals surface area contributed by atoms with Crippen LogP contribution in [0.2, 0.25) is 0 Å². The lowest BCUT2D eigenvalue weighted by atomic mass is 9.88. The summed E-state index contributed by atoms with van der Waals surface area (Å²) in [6.07, 6.45) is 12.9. The van der Waals surface area contributed by atoms with Crippen molar-refractivity contribution in [2.24, 2.45) is 5.41 Å². The molecule has 0 aliphatic heterocycles. The van der Waals surface area contributed by atoms with E-state index in [4.69, 9.17) is 11.6 Å². The lowest BCUT2D eigenvalue weighted by Crippen LogP contribution is -2.29. The van der Waals surface area contributed by atoms with E-state index in [-0.39, 0.29) is 5.41 Å². The normalized spacial score (nSPS) is 21.2. The zero-order valence-electron chi connectivity index (χ0n) is 12.1. The van der Waals surface area contributed by atoms with Crippen LogP contribution in [0, 0.1) is 5.41 Å². The maximum atomic E-state index is 6.23. The Morgan fingerprint density at radius 2 is 1.85 bits per heavy atom. The second-order valence-electron chi connectivity index (χ2n) is 6.40. The van der Waals surface area contributed by atoms with Crippen molar-refractivity contribution < 1.29 is 0 Å². The lowest BCUT2D eigenvalue weighted by molar-refractivity contribution is 0.368. The minimum absolute atomic E-state index is 0.282. The fourth-order valence-electron chi connectivity index (χ4n) is 3.60. The van der Waals surface area contributed by atoms with E-state index in [1.807, 2.05) is 0 Å². The third kappa shape index (κ3) is 2.93. The molecule has 0 unspecified atom stereocenters. The zero-order valence-corrected chi connectivity index (χ0v) is 12.9. The summed E-state index contributed by atoms with van der Waals surface area (Å²) in [7, 11) is 0. The van der Waals surface area contributed by atoms with Crippen LogP contribution < -0.4 is 5.32 Å². The van der Waals surface area contributed by atoms with Gasteiger partial charge in [-0.15, -0.1) is 11.6 Å². The molecule has 0 radical (unpaired) electrons. The third-order valence-corrected chi connectivity index (χ3v) is 5.52. The van der Waals surface area contributed by atoms with Gasteiger partial charge < -0.3 is 5.32 Å². The second kappa shape index (κ2) is 6.30. The Hall–Kier alpha value is -0.830. The molecule has 20 heavy (non-hydrogen) atoms. The average Bonchev–Trinajstić information content (AvgIpc) is 2.82. The van der Waals surface area contributed by atoms with Crippen LogP contribution in [-0.4, -0.2) is 22.4 Å². The molecule has 2 aliphatic rings. The van der Waals surface area contributed by atoms with Gasteiger partial charge in [-0.3, -0.25) is 0 Å². The van der Waals surface area contributed by atoms with Gasteiger partial charge in [-0.1, -0.05) is 19.3 Å². The van der Waals surface area contributed by atoms with Crippen molar-refractivity contribution in [3.8, 4) is 0 Å². The van der Waals surface area contributed by atoms with Gasteiger partial charge in [0, 0.05) is 29.1 Å². The Bertz CT molecular complexity index is 455. The van der Waals surface area contributed by atoms with E-state index in [0.717, 1.165) is 31.1 Å². The third-order valence-electron chi connectivity index (χ3n) is 4.95. The van der Waals surface area contributed by atoms with Gasteiger partial charge in [-0.2, -0.15) is 0 Å². The maximum absolute atomic E-state index is 6.23. The summed E-state index contributed by atoms with van der Waals surface area (Å²) in [6, 6.07) is 0. The van der Waals surface area contributed by atoms with Crippen molar-refractivity contribution in [2.45, 2.75) is 57.8 Å². The second-order valence-corrected chi connectivity index (χ2v) is 6.67. The number of fused-ring (bicyclic) bond motifs is 1. The van der Waals surface area contributed by atoms with E-state index >= 15 is 0 Å². The number of nitrogens with one attached hydrogen (secondary N) is 1. The van der Waals surface area contributed by atoms with Gasteiger partial charge in [0.05, 0.1) is 0 Å². The summed E-state index contributed by atoms with van der Waals surface area (Å²) in [5.41, 5.74) is 2.89. The maximum Gasteiger partial charge on any atom is 0.132 e. The molecule has 2 aliphatic carbocycles. The first-order valence-corrected chi connectivity index (χ1v) is 8.49. The van der Waals surface area contributed by atoms with Crippen molar-refractivity contribution in [2.75, 3.05) is 17.7 Å². The van der Waals surface area contributed by atoms with E-state index in [1.165, 1.54) is 56.2 Å². The predicted molar refractivity (Wildman–Crippen MR) is 83.4 cm³/mol. The van der Waals surface area contributed by atoms with Gasteiger partial charge in [0.1, 0.15) is 12.1 Å². The molecule has 4 heteroatoms. The molecule has 1 heterocycles. The Morgan fingerprint density at radius 1 is 1.05 bits per heavy atom. The number of alkyl halides is 1. The Morgan fingerprint density at radius 3 is 2.65 bits per heavy atom. The van der Waals surface area contributed by atoms with Crippen LogP contribution in [0.5, 0.6) is 0 Å². The molecule has 3 rings (SSSR count). The van der Waals surface area contributed by atoms with E-state index in [1.54, 1.807) is 6.33 Å². The predicted octanol–water partition coefficient (Wildman–Crippen LogP) is 3.96. The number of aromatic nitrogens is 2. The Kier molecular flexibility index (Phi) is 4.45. The van der Waals surface area contributed by atoms with Gasteiger partial charge in [-0.05, 0) is 38.5 Å². The summed E-state index contributed by atoms with van der Waals surface area (Å²) in [5, 5.41) is 3.60. The molecule has 0 spiro atoms. The van der Waals surface area contributed by atoms with E-state index in [2.05, 4.69) is 15.3 Å². The number of hydrogen-bond acceptors (Lipinski definition) is 3. The van der Waals surface area contributed by atoms with Crippen LogP contribution >= 0.6 is 11.6 Å². The minimum atomic E-state index is 0.282. The first kappa shape index (κ1) is 14.1. The lowest BCUT2D eigenvalue weighted by Gasteiger charge is -2.27. The molecule has 0 saturated heterocycles. The minimum Gasteiger partial charge on any atom is -0.369 e. The molecule has 110 valence electrons. The van der Waals surface area contributed by atoms with Crippen LogP contribution in [0.3, 0.4) is 0 Å². The first-order chi connectivity index (χ1) is 9.83. The highest BCUT2D eigenvalue weighted by atomic mass is 35.5. The topological polar surface area (TPSA) is 37.8 Å². The summed E-state index contributed by atoms with van der Waals surface area (Å²) in [5.74, 6) is 1.82. The van der Waals surface area contributed by atoms with Crippen molar-refractivity contribution in [3.63, 3.8) is 0 Å². The van der Waals surface area contributed by atoms with Gasteiger partial charge >= 0.3 is 0 Å². The fraction of sp³-hybridized carbons (Fsp3) is 0.750. The SMILES string of the molecule is ClCC1(CNc2ncnc3c2CCCCC3)CCCC1. The molecule has 1 saturated carbocycles. The molecule has 0 bridgehead atoms. The monoisotopic (exact) mass is 293 g/mol. The molecule has 0 amide bonds. The molecule has 3 nitrogen and oxygen atoms in total. The van der Waals surface area contributed by atoms with Gasteiger partial charge in [0.25, 0.3) is 0 Å². The number of halogens is 1. The number of hydrogen-bond donors (Lipinski definition) is 1. The average molecular weight is 294 g/mol. The molecule has 0 aromatic carbocycles. The molecule has 1 aromatic rings. The summed E-state index contributed by atoms with van der Waals surface area (Å²) in [4.78, 5) is 8.97. The highest BCUT2D eigenvalue weighted by molar-refractivity contribution is 6.18. The van der Waals surface area contributed by atoms with Crippen LogP contribution in [0.25, 0.3) is 0 Å². The summed E-state index contributed by atoms with van der Waals surface area (Å²) >= 11 is 6.23. The molecule has 1 fully saturated rings. The molecule has 0 atom stereocenters. The molecular weight excluding hydrogens is 270 g/mol. The fourth-order valence-corrected chi connectivity index (χ4v) is 3.97. The van der Waals surface area contributed by atoms with E-state index in [0.29, 0.717) is 0 Å². The molecule has 1 aromatic heterocycles. The number of aryl methyl sites for hydroxylation is 1. The van der Waals surface area contributed by atoms with Gasteiger partial charge in [-0.25, -0.2) is 9.97 Å². The van der Waals surface area contributed by atoms with Crippen molar-refractivity contribution >= 4 is 17.4 Å².